The molecule has 0 atom stereocenters. The van der Waals surface area contributed by atoms with Gasteiger partial charge in [-0.15, -0.1) is 0 Å². The number of nitriles is 1. The highest BCUT2D eigenvalue weighted by Crippen LogP contribution is 2.44. The molecule has 12 rings (SSSR count). The first-order valence-electron chi connectivity index (χ1n) is 23.7. The van der Waals surface area contributed by atoms with Crippen molar-refractivity contribution in [2.75, 3.05) is 9.80 Å². The minimum absolute atomic E-state index is 0.663. The SMILES string of the molecule is N#Cc1c(/C=C/c2ccc(N(c3cccc4ccccc34)c3cccc4ccccc34)cc2)ccc2cc(/C=C/c3ccc(N(c4cccc5ccccc45)c4cccc5ccccc45)cc3)ccc12. The van der Waals surface area contributed by atoms with E-state index in [0.29, 0.717) is 5.56 Å². The first-order valence-corrected chi connectivity index (χ1v) is 23.7. The molecule has 328 valence electrons. The van der Waals surface area contributed by atoms with Gasteiger partial charge in [0.25, 0.3) is 0 Å². The van der Waals surface area contributed by atoms with Gasteiger partial charge >= 0.3 is 0 Å². The number of hydrogen-bond donors (Lipinski definition) is 0. The molecule has 0 aromatic heterocycles. The Hall–Kier alpha value is -9.49. The van der Waals surface area contributed by atoms with Crippen molar-refractivity contribution >= 4 is 112 Å². The quantitative estimate of drug-likeness (QED) is 0.128. The number of rotatable bonds is 10. The van der Waals surface area contributed by atoms with E-state index >= 15 is 0 Å². The lowest BCUT2D eigenvalue weighted by molar-refractivity contribution is 1.31. The summed E-state index contributed by atoms with van der Waals surface area (Å²) in [4.78, 5) is 4.74. The third kappa shape index (κ3) is 7.90. The molecule has 0 spiro atoms. The summed E-state index contributed by atoms with van der Waals surface area (Å²) in [7, 11) is 0. The summed E-state index contributed by atoms with van der Waals surface area (Å²) in [5, 5.41) is 22.0. The first-order chi connectivity index (χ1) is 34.7. The molecule has 12 aromatic rings. The van der Waals surface area contributed by atoms with Crippen LogP contribution in [0.1, 0.15) is 27.8 Å². The molecule has 0 saturated heterocycles. The van der Waals surface area contributed by atoms with Crippen LogP contribution >= 0.6 is 0 Å². The fourth-order valence-electron chi connectivity index (χ4n) is 10.0. The van der Waals surface area contributed by atoms with Crippen molar-refractivity contribution in [3.05, 3.63) is 277 Å². The highest BCUT2D eigenvalue weighted by molar-refractivity contribution is 6.06. The molecule has 0 aliphatic carbocycles. The van der Waals surface area contributed by atoms with E-state index in [4.69, 9.17) is 0 Å². The van der Waals surface area contributed by atoms with E-state index in [1.165, 1.54) is 43.1 Å². The molecule has 0 heterocycles. The molecule has 3 nitrogen and oxygen atoms in total. The lowest BCUT2D eigenvalue weighted by atomic mass is 9.97. The molecule has 0 N–H and O–H groups in total. The summed E-state index contributed by atoms with van der Waals surface area (Å²) >= 11 is 0. The Morgan fingerprint density at radius 3 is 1.06 bits per heavy atom. The van der Waals surface area contributed by atoms with Gasteiger partial charge in [-0.05, 0) is 104 Å². The summed E-state index contributed by atoms with van der Waals surface area (Å²) in [6.45, 7) is 0. The van der Waals surface area contributed by atoms with Crippen LogP contribution in [0.25, 0.3) is 78.2 Å². The van der Waals surface area contributed by atoms with Crippen molar-refractivity contribution < 1.29 is 0 Å². The van der Waals surface area contributed by atoms with Gasteiger partial charge in [-0.1, -0.05) is 218 Å². The van der Waals surface area contributed by atoms with Crippen LogP contribution < -0.4 is 9.80 Å². The van der Waals surface area contributed by atoms with Crippen LogP contribution in [0.3, 0.4) is 0 Å². The molecular weight excluding hydrogens is 847 g/mol. The molecular formula is C67H45N3. The Bertz CT molecular complexity index is 3850. The van der Waals surface area contributed by atoms with E-state index in [0.717, 1.165) is 67.2 Å². The Labute approximate surface area is 408 Å². The summed E-state index contributed by atoms with van der Waals surface area (Å²) in [5.74, 6) is 0. The van der Waals surface area contributed by atoms with Crippen LogP contribution in [0.15, 0.2) is 249 Å². The molecule has 12 aromatic carbocycles. The Morgan fingerprint density at radius 1 is 0.286 bits per heavy atom. The third-order valence-electron chi connectivity index (χ3n) is 13.4. The Kier molecular flexibility index (Phi) is 11.0. The molecule has 70 heavy (non-hydrogen) atoms. The van der Waals surface area contributed by atoms with E-state index in [9.17, 15) is 5.26 Å². The minimum atomic E-state index is 0.663. The van der Waals surface area contributed by atoms with E-state index in [-0.39, 0.29) is 0 Å². The molecule has 0 aliphatic rings. The van der Waals surface area contributed by atoms with Crippen molar-refractivity contribution in [2.45, 2.75) is 0 Å². The topological polar surface area (TPSA) is 30.3 Å². The van der Waals surface area contributed by atoms with Gasteiger partial charge in [-0.25, -0.2) is 0 Å². The average Bonchev–Trinajstić information content (AvgIpc) is 3.42. The van der Waals surface area contributed by atoms with Crippen LogP contribution in [0.2, 0.25) is 0 Å². The molecule has 0 aliphatic heterocycles. The van der Waals surface area contributed by atoms with E-state index in [1.54, 1.807) is 0 Å². The molecule has 3 heteroatoms. The van der Waals surface area contributed by atoms with Crippen molar-refractivity contribution in [3.63, 3.8) is 0 Å². The van der Waals surface area contributed by atoms with Gasteiger partial charge in [-0.2, -0.15) is 5.26 Å². The molecule has 0 saturated carbocycles. The van der Waals surface area contributed by atoms with Gasteiger partial charge in [-0.3, -0.25) is 0 Å². The molecule has 0 unspecified atom stereocenters. The summed E-state index contributed by atoms with van der Waals surface area (Å²) < 4.78 is 0. The highest BCUT2D eigenvalue weighted by Gasteiger charge is 2.19. The second-order valence-electron chi connectivity index (χ2n) is 17.6. The average molecular weight is 892 g/mol. The van der Waals surface area contributed by atoms with Gasteiger partial charge in [0.15, 0.2) is 0 Å². The second kappa shape index (κ2) is 18.3. The van der Waals surface area contributed by atoms with E-state index < -0.39 is 0 Å². The predicted molar refractivity (Wildman–Crippen MR) is 299 cm³/mol. The zero-order valence-corrected chi connectivity index (χ0v) is 38.3. The zero-order valence-electron chi connectivity index (χ0n) is 38.3. The van der Waals surface area contributed by atoms with Gasteiger partial charge in [0, 0.05) is 38.3 Å². The number of benzene rings is 12. The lowest BCUT2D eigenvalue weighted by Gasteiger charge is -2.28. The number of nitrogens with zero attached hydrogens (tertiary/aromatic N) is 3. The van der Waals surface area contributed by atoms with Crippen molar-refractivity contribution in [1.82, 2.24) is 0 Å². The normalized spacial score (nSPS) is 11.6. The maximum atomic E-state index is 10.5. The van der Waals surface area contributed by atoms with Gasteiger partial charge in [0.05, 0.1) is 28.3 Å². The van der Waals surface area contributed by atoms with Crippen molar-refractivity contribution in [2.24, 2.45) is 0 Å². The molecule has 0 fully saturated rings. The molecule has 0 radical (unpaired) electrons. The smallest absolute Gasteiger partial charge is 0.100 e. The maximum Gasteiger partial charge on any atom is 0.100 e. The van der Waals surface area contributed by atoms with Gasteiger partial charge in [0.2, 0.25) is 0 Å². The fourth-order valence-corrected chi connectivity index (χ4v) is 10.0. The van der Waals surface area contributed by atoms with E-state index in [1.807, 2.05) is 0 Å². The van der Waals surface area contributed by atoms with E-state index in [2.05, 4.69) is 289 Å². The lowest BCUT2D eigenvalue weighted by Crippen LogP contribution is -2.11. The predicted octanol–water partition coefficient (Wildman–Crippen LogP) is 18.6. The highest BCUT2D eigenvalue weighted by atomic mass is 15.2. The monoisotopic (exact) mass is 891 g/mol. The second-order valence-corrected chi connectivity index (χ2v) is 17.6. The zero-order chi connectivity index (χ0) is 46.8. The fraction of sp³-hybridized carbons (Fsp3) is 0. The Balaban J connectivity index is 0.809. The first kappa shape index (κ1) is 41.9. The number of hydrogen-bond acceptors (Lipinski definition) is 3. The van der Waals surface area contributed by atoms with Crippen LogP contribution in [-0.4, -0.2) is 0 Å². The largest absolute Gasteiger partial charge is 0.309 e. The van der Waals surface area contributed by atoms with Crippen LogP contribution in [0, 0.1) is 11.3 Å². The van der Waals surface area contributed by atoms with Gasteiger partial charge in [0.1, 0.15) is 6.07 Å². The summed E-state index contributed by atoms with van der Waals surface area (Å²) in [5.41, 5.74) is 11.4. The number of fused-ring (bicyclic) bond motifs is 5. The number of anilines is 6. The standard InChI is InChI=1S/C67H45N3/c68-46-63-54(37-31-48-34-42-57(43-35-48)70(66-27-11-19-52-15-3-7-23-61(52)66)67-28-12-20-53-16-4-8-24-62(53)67)38-39-55-45-49(36-44-58(55)63)30-29-47-32-40-56(41-33-47)69(64-25-9-17-50-13-1-5-21-59(50)64)65-26-10-18-51-14-2-6-22-60(51)65/h1-45H/b30-29+,37-31+. The molecule has 0 amide bonds. The maximum absolute atomic E-state index is 10.5. The Morgan fingerprint density at radius 2 is 0.643 bits per heavy atom. The third-order valence-corrected chi connectivity index (χ3v) is 13.4. The van der Waals surface area contributed by atoms with Crippen LogP contribution in [0.5, 0.6) is 0 Å². The summed E-state index contributed by atoms with van der Waals surface area (Å²) in [6, 6.07) is 90.8. The van der Waals surface area contributed by atoms with Crippen molar-refractivity contribution in [1.29, 1.82) is 5.26 Å². The summed E-state index contributed by atoms with van der Waals surface area (Å²) in [6.07, 6.45) is 8.45. The van der Waals surface area contributed by atoms with Crippen molar-refractivity contribution in [3.8, 4) is 6.07 Å². The van der Waals surface area contributed by atoms with Gasteiger partial charge < -0.3 is 9.80 Å². The van der Waals surface area contributed by atoms with Crippen LogP contribution in [0.4, 0.5) is 34.1 Å². The minimum Gasteiger partial charge on any atom is -0.309 e. The van der Waals surface area contributed by atoms with Crippen LogP contribution in [-0.2, 0) is 0 Å². The molecule has 0 bridgehead atoms.